The van der Waals surface area contributed by atoms with Gasteiger partial charge in [-0.2, -0.15) is 0 Å². The first-order valence-electron chi connectivity index (χ1n) is 4.72. The Kier molecular flexibility index (Phi) is 7.31. The maximum atomic E-state index is 10.2. The summed E-state index contributed by atoms with van der Waals surface area (Å²) < 4.78 is 15.7. The zero-order valence-corrected chi connectivity index (χ0v) is 10.4. The third kappa shape index (κ3) is 5.73. The maximum Gasteiger partial charge on any atom is 0.500 e. The van der Waals surface area contributed by atoms with Crippen LogP contribution in [0.5, 0.6) is 0 Å². The summed E-state index contributed by atoms with van der Waals surface area (Å²) in [5, 5.41) is 10.6. The van der Waals surface area contributed by atoms with Gasteiger partial charge >= 0.3 is 14.9 Å². The Bertz CT molecular complexity index is 178. The van der Waals surface area contributed by atoms with E-state index in [4.69, 9.17) is 18.4 Å². The van der Waals surface area contributed by atoms with Crippen molar-refractivity contribution in [2.75, 3.05) is 27.9 Å². The van der Waals surface area contributed by atoms with Crippen LogP contribution in [0.3, 0.4) is 0 Å². The Labute approximate surface area is 90.9 Å². The average molecular weight is 237 g/mol. The van der Waals surface area contributed by atoms with Gasteiger partial charge in [0.25, 0.3) is 0 Å². The first kappa shape index (κ1) is 14.4. The van der Waals surface area contributed by atoms with E-state index in [-0.39, 0.29) is 0 Å². The maximum absolute atomic E-state index is 10.2. The minimum absolute atomic E-state index is 0.441. The number of hydrogen-bond acceptors (Lipinski definition) is 4. The summed E-state index contributed by atoms with van der Waals surface area (Å²) in [6.07, 6.45) is 0.558. The van der Waals surface area contributed by atoms with Gasteiger partial charge in [-0.15, -0.1) is 0 Å². The van der Waals surface area contributed by atoms with E-state index in [2.05, 4.69) is 5.32 Å². The van der Waals surface area contributed by atoms with Crippen LogP contribution in [0.4, 0.5) is 4.79 Å². The van der Waals surface area contributed by atoms with Crippen molar-refractivity contribution in [3.8, 4) is 0 Å². The molecule has 15 heavy (non-hydrogen) atoms. The van der Waals surface area contributed by atoms with Gasteiger partial charge in [-0.25, -0.2) is 4.79 Å². The molecule has 0 saturated heterocycles. The molecule has 0 aromatic rings. The molecule has 0 saturated carbocycles. The number of nitrogens with one attached hydrogen (secondary N) is 1. The fourth-order valence-electron chi connectivity index (χ4n) is 1.22. The van der Waals surface area contributed by atoms with Crippen LogP contribution < -0.4 is 5.32 Å². The minimum atomic E-state index is -2.47. The molecular formula is C8H19NO5Si. The summed E-state index contributed by atoms with van der Waals surface area (Å²) in [4.78, 5) is 10.2. The molecule has 0 aliphatic rings. The van der Waals surface area contributed by atoms with Crippen molar-refractivity contribution >= 4 is 14.9 Å². The molecule has 0 aromatic carbocycles. The Hall–Kier alpha value is -0.633. The molecule has 0 heterocycles. The molecule has 0 spiro atoms. The minimum Gasteiger partial charge on any atom is -0.465 e. The smallest absolute Gasteiger partial charge is 0.465 e. The predicted octanol–water partition coefficient (Wildman–Crippen LogP) is 0.912. The molecule has 0 radical (unpaired) electrons. The van der Waals surface area contributed by atoms with E-state index in [1.165, 1.54) is 0 Å². The second-order valence-electron chi connectivity index (χ2n) is 2.98. The van der Waals surface area contributed by atoms with Crippen molar-refractivity contribution in [2.24, 2.45) is 0 Å². The number of carbonyl (C=O) groups is 1. The Morgan fingerprint density at radius 3 is 2.13 bits per heavy atom. The molecule has 0 unspecified atom stereocenters. The molecule has 0 rings (SSSR count). The molecule has 90 valence electrons. The fraction of sp³-hybridized carbons (Fsp3) is 0.875. The Morgan fingerprint density at radius 1 is 1.20 bits per heavy atom. The van der Waals surface area contributed by atoms with Gasteiger partial charge in [-0.05, 0) is 12.8 Å². The van der Waals surface area contributed by atoms with E-state index in [1.54, 1.807) is 21.3 Å². The number of unbranched alkanes of at least 4 members (excludes halogenated alkanes) is 1. The predicted molar refractivity (Wildman–Crippen MR) is 56.8 cm³/mol. The zero-order chi connectivity index (χ0) is 11.7. The molecule has 0 atom stereocenters. The van der Waals surface area contributed by atoms with E-state index >= 15 is 0 Å². The summed E-state index contributed by atoms with van der Waals surface area (Å²) in [6.45, 7) is 0.441. The van der Waals surface area contributed by atoms with Gasteiger partial charge < -0.3 is 23.7 Å². The number of amides is 1. The molecule has 2 N–H and O–H groups in total. The number of rotatable bonds is 8. The summed E-state index contributed by atoms with van der Waals surface area (Å²) in [7, 11) is 2.22. The van der Waals surface area contributed by atoms with Crippen molar-refractivity contribution < 1.29 is 23.2 Å². The average Bonchev–Trinajstić information content (AvgIpc) is 2.24. The van der Waals surface area contributed by atoms with Gasteiger partial charge in [-0.3, -0.25) is 0 Å². The highest BCUT2D eigenvalue weighted by Crippen LogP contribution is 2.15. The van der Waals surface area contributed by atoms with Crippen LogP contribution in [-0.2, 0) is 13.3 Å². The van der Waals surface area contributed by atoms with Crippen molar-refractivity contribution in [1.29, 1.82) is 0 Å². The molecule has 0 fully saturated rings. The monoisotopic (exact) mass is 237 g/mol. The SMILES string of the molecule is CO[Si](CCCCNC(=O)O)(OC)OC. The quantitative estimate of drug-likeness (QED) is 0.485. The third-order valence-electron chi connectivity index (χ3n) is 2.12. The van der Waals surface area contributed by atoms with Crippen LogP contribution in [0.15, 0.2) is 0 Å². The zero-order valence-electron chi connectivity index (χ0n) is 9.41. The van der Waals surface area contributed by atoms with Crippen molar-refractivity contribution in [3.63, 3.8) is 0 Å². The third-order valence-corrected chi connectivity index (χ3v) is 4.95. The number of carboxylic acid groups (broad SMARTS) is 1. The van der Waals surface area contributed by atoms with Crippen LogP contribution in [0.1, 0.15) is 12.8 Å². The molecule has 1 amide bonds. The second-order valence-corrected chi connectivity index (χ2v) is 6.08. The lowest BCUT2D eigenvalue weighted by atomic mass is 10.3. The Balaban J connectivity index is 3.67. The first-order chi connectivity index (χ1) is 7.10. The van der Waals surface area contributed by atoms with Crippen LogP contribution >= 0.6 is 0 Å². The van der Waals surface area contributed by atoms with E-state index in [0.29, 0.717) is 12.6 Å². The first-order valence-corrected chi connectivity index (χ1v) is 6.65. The molecule has 7 heteroatoms. The van der Waals surface area contributed by atoms with Crippen LogP contribution in [0.2, 0.25) is 6.04 Å². The van der Waals surface area contributed by atoms with Crippen LogP contribution in [0.25, 0.3) is 0 Å². The fourth-order valence-corrected chi connectivity index (χ4v) is 3.01. The lowest BCUT2D eigenvalue weighted by Gasteiger charge is -2.24. The van der Waals surface area contributed by atoms with E-state index in [1.807, 2.05) is 0 Å². The summed E-state index contributed by atoms with van der Waals surface area (Å²) in [5.41, 5.74) is 0. The lowest BCUT2D eigenvalue weighted by Crippen LogP contribution is -2.42. The Morgan fingerprint density at radius 2 is 1.73 bits per heavy atom. The summed E-state index contributed by atoms with van der Waals surface area (Å²) in [6, 6.07) is 0.692. The summed E-state index contributed by atoms with van der Waals surface area (Å²) in [5.74, 6) is 0. The molecule has 0 aliphatic carbocycles. The molecule has 0 bridgehead atoms. The highest BCUT2D eigenvalue weighted by Gasteiger charge is 2.36. The molecule has 0 aromatic heterocycles. The van der Waals surface area contributed by atoms with Crippen LogP contribution in [0, 0.1) is 0 Å². The molecular weight excluding hydrogens is 218 g/mol. The van der Waals surface area contributed by atoms with E-state index < -0.39 is 14.9 Å². The van der Waals surface area contributed by atoms with Gasteiger partial charge in [0.1, 0.15) is 0 Å². The number of hydrogen-bond donors (Lipinski definition) is 2. The van der Waals surface area contributed by atoms with Crippen molar-refractivity contribution in [2.45, 2.75) is 18.9 Å². The van der Waals surface area contributed by atoms with Crippen LogP contribution in [-0.4, -0.2) is 47.9 Å². The largest absolute Gasteiger partial charge is 0.500 e. The van der Waals surface area contributed by atoms with E-state index in [9.17, 15) is 4.79 Å². The molecule has 0 aliphatic heterocycles. The highest BCUT2D eigenvalue weighted by atomic mass is 28.4. The lowest BCUT2D eigenvalue weighted by molar-refractivity contribution is 0.123. The normalized spacial score (nSPS) is 11.4. The van der Waals surface area contributed by atoms with Gasteiger partial charge in [-0.1, -0.05) is 0 Å². The molecule has 6 nitrogen and oxygen atoms in total. The standard InChI is InChI=1S/C8H19NO5Si/c1-12-15(13-2,14-3)7-5-4-6-9-8(10)11/h9H,4-7H2,1-3H3,(H,10,11). The topological polar surface area (TPSA) is 77.0 Å². The van der Waals surface area contributed by atoms with E-state index in [0.717, 1.165) is 12.8 Å². The summed E-state index contributed by atoms with van der Waals surface area (Å²) >= 11 is 0. The van der Waals surface area contributed by atoms with Gasteiger partial charge in [0.05, 0.1) is 0 Å². The van der Waals surface area contributed by atoms with Crippen molar-refractivity contribution in [1.82, 2.24) is 5.32 Å². The van der Waals surface area contributed by atoms with Gasteiger partial charge in [0, 0.05) is 33.9 Å². The van der Waals surface area contributed by atoms with Gasteiger partial charge in [0.2, 0.25) is 0 Å². The highest BCUT2D eigenvalue weighted by molar-refractivity contribution is 6.60. The van der Waals surface area contributed by atoms with Gasteiger partial charge in [0.15, 0.2) is 0 Å². The van der Waals surface area contributed by atoms with Crippen molar-refractivity contribution in [3.05, 3.63) is 0 Å². The second kappa shape index (κ2) is 7.63.